The van der Waals surface area contributed by atoms with Crippen LogP contribution in [0.1, 0.15) is 37.2 Å². The van der Waals surface area contributed by atoms with Crippen molar-refractivity contribution in [1.29, 1.82) is 0 Å². The summed E-state index contributed by atoms with van der Waals surface area (Å²) in [6.07, 6.45) is 6.65. The van der Waals surface area contributed by atoms with Crippen LogP contribution in [0.2, 0.25) is 0 Å². The summed E-state index contributed by atoms with van der Waals surface area (Å²) in [6.45, 7) is 3.69. The molecule has 0 aliphatic carbocycles. The lowest BCUT2D eigenvalue weighted by atomic mass is 9.96. The van der Waals surface area contributed by atoms with E-state index >= 15 is 0 Å². The van der Waals surface area contributed by atoms with Crippen LogP contribution in [0.4, 0.5) is 0 Å². The lowest BCUT2D eigenvalue weighted by Crippen LogP contribution is -2.59. The number of amides is 3. The van der Waals surface area contributed by atoms with Crippen molar-refractivity contribution in [3.05, 3.63) is 72.3 Å². The molecule has 0 aliphatic heterocycles. The van der Waals surface area contributed by atoms with E-state index in [1.54, 1.807) is 0 Å². The Morgan fingerprint density at radius 1 is 0.850 bits per heavy atom. The van der Waals surface area contributed by atoms with Gasteiger partial charge in [-0.15, -0.1) is 0 Å². The average molecular weight is 553 g/mol. The van der Waals surface area contributed by atoms with Crippen LogP contribution < -0.4 is 21.7 Å². The van der Waals surface area contributed by atoms with Crippen LogP contribution in [0.5, 0.6) is 0 Å². The minimum atomic E-state index is -1.27. The Kier molecular flexibility index (Phi) is 10.9. The number of hydrogen-bond acceptors (Lipinski definition) is 7. The summed E-state index contributed by atoms with van der Waals surface area (Å²) in [7, 11) is 0. The predicted molar refractivity (Wildman–Crippen MR) is 146 cm³/mol. The maximum Gasteiger partial charge on any atom is 0.326 e. The molecule has 5 unspecified atom stereocenters. The molecule has 0 radical (unpaired) electrons. The summed E-state index contributed by atoms with van der Waals surface area (Å²) >= 11 is 0. The van der Waals surface area contributed by atoms with Crippen molar-refractivity contribution in [2.45, 2.75) is 63.7 Å². The number of imidazole rings is 2. The largest absolute Gasteiger partial charge is 0.480 e. The highest BCUT2D eigenvalue weighted by atomic mass is 16.4. The molecule has 3 aromatic rings. The molecule has 0 fully saturated rings. The zero-order chi connectivity index (χ0) is 29.1. The first-order valence-corrected chi connectivity index (χ1v) is 13.1. The number of nitrogens with two attached hydrogens (primary N) is 1. The monoisotopic (exact) mass is 552 g/mol. The number of rotatable bonds is 15. The van der Waals surface area contributed by atoms with Crippen molar-refractivity contribution in [3.63, 3.8) is 0 Å². The fraction of sp³-hybridized carbons (Fsp3) is 0.407. The maximum absolute atomic E-state index is 13.5. The summed E-state index contributed by atoms with van der Waals surface area (Å²) in [5, 5.41) is 17.6. The number of nitrogens with zero attached hydrogens (tertiary/aromatic N) is 2. The summed E-state index contributed by atoms with van der Waals surface area (Å²) in [5.41, 5.74) is 8.09. The number of carboxylic acids is 1. The molecule has 0 spiro atoms. The van der Waals surface area contributed by atoms with Gasteiger partial charge in [0.1, 0.15) is 18.1 Å². The van der Waals surface area contributed by atoms with Gasteiger partial charge < -0.3 is 36.8 Å². The van der Waals surface area contributed by atoms with Gasteiger partial charge in [0.15, 0.2) is 0 Å². The Hall–Kier alpha value is -4.52. The standard InChI is InChI=1S/C27H36N8O5/c1-3-16(2)23(35-24(36)20(28)9-17-7-5-4-6-8-17)26(38)33-21(10-18-12-29-14-31-18)25(37)34-22(27(39)40)11-19-13-30-15-32-19/h4-8,12-16,20-23H,3,9-11,28H2,1-2H3,(H,29,31)(H,30,32)(H,33,38)(H,34,37)(H,35,36)(H,39,40). The molecule has 13 nitrogen and oxygen atoms in total. The molecule has 214 valence electrons. The molecule has 2 aromatic heterocycles. The minimum Gasteiger partial charge on any atom is -0.480 e. The molecule has 1 aromatic carbocycles. The van der Waals surface area contributed by atoms with Gasteiger partial charge in [-0.25, -0.2) is 14.8 Å². The second-order valence-electron chi connectivity index (χ2n) is 9.69. The van der Waals surface area contributed by atoms with E-state index in [2.05, 4.69) is 35.9 Å². The molecule has 0 aliphatic rings. The van der Waals surface area contributed by atoms with Crippen molar-refractivity contribution < 1.29 is 24.3 Å². The summed E-state index contributed by atoms with van der Waals surface area (Å²) < 4.78 is 0. The van der Waals surface area contributed by atoms with Crippen LogP contribution in [0.25, 0.3) is 0 Å². The van der Waals surface area contributed by atoms with E-state index in [0.717, 1.165) is 5.56 Å². The van der Waals surface area contributed by atoms with Gasteiger partial charge in [0, 0.05) is 36.6 Å². The summed E-state index contributed by atoms with van der Waals surface area (Å²) in [6, 6.07) is 5.01. The van der Waals surface area contributed by atoms with Crippen molar-refractivity contribution in [2.24, 2.45) is 11.7 Å². The highest BCUT2D eigenvalue weighted by Gasteiger charge is 2.33. The van der Waals surface area contributed by atoms with Crippen LogP contribution in [0, 0.1) is 5.92 Å². The van der Waals surface area contributed by atoms with Crippen molar-refractivity contribution in [3.8, 4) is 0 Å². The lowest BCUT2D eigenvalue weighted by Gasteiger charge is -2.28. The number of H-pyrrole nitrogens is 2. The van der Waals surface area contributed by atoms with E-state index < -0.39 is 47.9 Å². The van der Waals surface area contributed by atoms with Gasteiger partial charge in [-0.2, -0.15) is 0 Å². The number of hydrogen-bond donors (Lipinski definition) is 7. The number of aromatic amines is 2. The van der Waals surface area contributed by atoms with Gasteiger partial charge in [-0.05, 0) is 17.9 Å². The summed E-state index contributed by atoms with van der Waals surface area (Å²) in [5.74, 6) is -3.31. The minimum absolute atomic E-state index is 0.0165. The average Bonchev–Trinajstić information content (AvgIpc) is 3.65. The molecule has 8 N–H and O–H groups in total. The van der Waals surface area contributed by atoms with Gasteiger partial charge >= 0.3 is 5.97 Å². The van der Waals surface area contributed by atoms with Crippen molar-refractivity contribution in [1.82, 2.24) is 35.9 Å². The van der Waals surface area contributed by atoms with Crippen LogP contribution in [0.3, 0.4) is 0 Å². The lowest BCUT2D eigenvalue weighted by molar-refractivity contribution is -0.142. The van der Waals surface area contributed by atoms with Crippen LogP contribution >= 0.6 is 0 Å². The Bertz CT molecular complexity index is 1230. The van der Waals surface area contributed by atoms with Gasteiger partial charge in [0.25, 0.3) is 0 Å². The van der Waals surface area contributed by atoms with E-state index in [0.29, 0.717) is 24.2 Å². The molecular weight excluding hydrogens is 516 g/mol. The molecular formula is C27H36N8O5. The topological polar surface area (TPSA) is 208 Å². The highest BCUT2D eigenvalue weighted by Crippen LogP contribution is 2.11. The fourth-order valence-electron chi connectivity index (χ4n) is 4.10. The van der Waals surface area contributed by atoms with Crippen LogP contribution in [-0.2, 0) is 38.4 Å². The second kappa shape index (κ2) is 14.6. The number of carbonyl (C=O) groups is 4. The van der Waals surface area contributed by atoms with Gasteiger partial charge in [0.2, 0.25) is 17.7 Å². The fourth-order valence-corrected chi connectivity index (χ4v) is 4.10. The molecule has 2 heterocycles. The van der Waals surface area contributed by atoms with E-state index in [9.17, 15) is 24.3 Å². The zero-order valence-corrected chi connectivity index (χ0v) is 22.5. The quantitative estimate of drug-likeness (QED) is 0.137. The Balaban J connectivity index is 1.73. The molecule has 40 heavy (non-hydrogen) atoms. The Morgan fingerprint density at radius 3 is 1.95 bits per heavy atom. The van der Waals surface area contributed by atoms with E-state index in [1.165, 1.54) is 25.0 Å². The number of aromatic nitrogens is 4. The molecule has 0 bridgehead atoms. The number of benzene rings is 1. The third-order valence-corrected chi connectivity index (χ3v) is 6.63. The number of aliphatic carboxylic acids is 1. The number of nitrogens with one attached hydrogen (secondary N) is 5. The number of carboxylic acid groups (broad SMARTS) is 1. The molecule has 0 saturated heterocycles. The van der Waals surface area contributed by atoms with Gasteiger partial charge in [-0.1, -0.05) is 50.6 Å². The molecule has 13 heteroatoms. The smallest absolute Gasteiger partial charge is 0.326 e. The Labute approximate surface area is 231 Å². The van der Waals surface area contributed by atoms with Crippen molar-refractivity contribution >= 4 is 23.7 Å². The summed E-state index contributed by atoms with van der Waals surface area (Å²) in [4.78, 5) is 65.1. The molecule has 0 saturated carbocycles. The SMILES string of the molecule is CCC(C)C(NC(=O)C(N)Cc1ccccc1)C(=O)NC(Cc1cnc[nH]1)C(=O)NC(Cc1cnc[nH]1)C(=O)O. The van der Waals surface area contributed by atoms with E-state index in [1.807, 2.05) is 44.2 Å². The first-order chi connectivity index (χ1) is 19.2. The Morgan fingerprint density at radius 2 is 1.43 bits per heavy atom. The highest BCUT2D eigenvalue weighted by molar-refractivity contribution is 5.94. The zero-order valence-electron chi connectivity index (χ0n) is 22.5. The van der Waals surface area contributed by atoms with E-state index in [4.69, 9.17) is 5.73 Å². The normalized spacial score (nSPS) is 14.8. The number of carbonyl (C=O) groups excluding carboxylic acids is 3. The third kappa shape index (κ3) is 8.76. The van der Waals surface area contributed by atoms with Gasteiger partial charge in [-0.3, -0.25) is 14.4 Å². The van der Waals surface area contributed by atoms with Crippen molar-refractivity contribution in [2.75, 3.05) is 0 Å². The third-order valence-electron chi connectivity index (χ3n) is 6.63. The van der Waals surface area contributed by atoms with Crippen LogP contribution in [-0.4, -0.2) is 72.9 Å². The predicted octanol–water partition coefficient (Wildman–Crippen LogP) is 0.0731. The first kappa shape index (κ1) is 30.0. The second-order valence-corrected chi connectivity index (χ2v) is 9.69. The van der Waals surface area contributed by atoms with Gasteiger partial charge in [0.05, 0.1) is 18.7 Å². The first-order valence-electron chi connectivity index (χ1n) is 13.1. The molecule has 5 atom stereocenters. The maximum atomic E-state index is 13.5. The van der Waals surface area contributed by atoms with Crippen LogP contribution in [0.15, 0.2) is 55.4 Å². The molecule has 3 amide bonds. The molecule has 3 rings (SSSR count). The van der Waals surface area contributed by atoms with E-state index in [-0.39, 0.29) is 18.8 Å².